The van der Waals surface area contributed by atoms with E-state index in [0.29, 0.717) is 33.1 Å². The number of hydrogen-bond acceptors (Lipinski definition) is 7. The second-order valence-electron chi connectivity index (χ2n) is 5.68. The SMILES string of the molecule is COc1cc(NC(=O)CSc2nncn2-c2ccccc2OC)c(OC)cc1Cl. The number of halogens is 1. The van der Waals surface area contributed by atoms with Crippen LogP contribution in [0.5, 0.6) is 17.2 Å². The summed E-state index contributed by atoms with van der Waals surface area (Å²) >= 11 is 7.34. The van der Waals surface area contributed by atoms with Crippen molar-refractivity contribution in [1.29, 1.82) is 0 Å². The summed E-state index contributed by atoms with van der Waals surface area (Å²) < 4.78 is 17.6. The van der Waals surface area contributed by atoms with Crippen LogP contribution < -0.4 is 19.5 Å². The molecule has 0 unspecified atom stereocenters. The molecule has 0 saturated carbocycles. The van der Waals surface area contributed by atoms with E-state index in [9.17, 15) is 4.79 Å². The van der Waals surface area contributed by atoms with Crippen molar-refractivity contribution in [2.75, 3.05) is 32.4 Å². The van der Waals surface area contributed by atoms with E-state index < -0.39 is 0 Å². The molecule has 152 valence electrons. The number of thioether (sulfide) groups is 1. The predicted octanol–water partition coefficient (Wildman–Crippen LogP) is 3.68. The molecule has 1 aromatic heterocycles. The molecule has 0 bridgehead atoms. The molecule has 29 heavy (non-hydrogen) atoms. The Hall–Kier alpha value is -2.91. The molecule has 1 N–H and O–H groups in total. The number of carbonyl (C=O) groups is 1. The number of benzene rings is 2. The topological polar surface area (TPSA) is 87.5 Å². The molecular formula is C19H19ClN4O4S. The van der Waals surface area contributed by atoms with Gasteiger partial charge in [-0.25, -0.2) is 0 Å². The lowest BCUT2D eigenvalue weighted by molar-refractivity contribution is -0.113. The van der Waals surface area contributed by atoms with Crippen LogP contribution in [0.2, 0.25) is 5.02 Å². The van der Waals surface area contributed by atoms with Crippen molar-refractivity contribution in [3.63, 3.8) is 0 Å². The fourth-order valence-electron chi connectivity index (χ4n) is 2.59. The minimum absolute atomic E-state index is 0.113. The zero-order valence-corrected chi connectivity index (χ0v) is 17.6. The molecule has 3 aromatic rings. The van der Waals surface area contributed by atoms with Crippen LogP contribution in [0.25, 0.3) is 5.69 Å². The van der Waals surface area contributed by atoms with Gasteiger partial charge in [0.2, 0.25) is 5.91 Å². The van der Waals surface area contributed by atoms with Gasteiger partial charge < -0.3 is 19.5 Å². The molecule has 10 heteroatoms. The maximum absolute atomic E-state index is 12.5. The number of para-hydroxylation sites is 2. The molecule has 8 nitrogen and oxygen atoms in total. The maximum Gasteiger partial charge on any atom is 0.234 e. The highest BCUT2D eigenvalue weighted by Crippen LogP contribution is 2.36. The third-order valence-corrected chi connectivity index (χ3v) is 5.18. The molecule has 0 aliphatic heterocycles. The Bertz CT molecular complexity index is 1010. The van der Waals surface area contributed by atoms with Gasteiger partial charge in [-0.1, -0.05) is 35.5 Å². The van der Waals surface area contributed by atoms with Crippen LogP contribution in [0.3, 0.4) is 0 Å². The number of amides is 1. The fraction of sp³-hybridized carbons (Fsp3) is 0.211. The van der Waals surface area contributed by atoms with Gasteiger partial charge in [-0.3, -0.25) is 9.36 Å². The van der Waals surface area contributed by atoms with E-state index in [1.54, 1.807) is 30.1 Å². The van der Waals surface area contributed by atoms with Crippen LogP contribution in [-0.4, -0.2) is 47.8 Å². The number of anilines is 1. The van der Waals surface area contributed by atoms with Gasteiger partial charge in [-0.15, -0.1) is 10.2 Å². The van der Waals surface area contributed by atoms with E-state index >= 15 is 0 Å². The lowest BCUT2D eigenvalue weighted by atomic mass is 10.2. The summed E-state index contributed by atoms with van der Waals surface area (Å²) in [6.45, 7) is 0. The molecule has 0 fully saturated rings. The van der Waals surface area contributed by atoms with E-state index in [1.165, 1.54) is 26.0 Å². The largest absolute Gasteiger partial charge is 0.495 e. The average Bonchev–Trinajstić information content (AvgIpc) is 3.21. The second-order valence-corrected chi connectivity index (χ2v) is 7.03. The number of nitrogens with one attached hydrogen (secondary N) is 1. The monoisotopic (exact) mass is 434 g/mol. The molecule has 3 rings (SSSR count). The van der Waals surface area contributed by atoms with E-state index in [0.717, 1.165) is 5.69 Å². The summed E-state index contributed by atoms with van der Waals surface area (Å²) in [5.41, 5.74) is 1.25. The van der Waals surface area contributed by atoms with Crippen molar-refractivity contribution in [3.05, 3.63) is 47.7 Å². The molecule has 0 aliphatic carbocycles. The van der Waals surface area contributed by atoms with Crippen LogP contribution >= 0.6 is 23.4 Å². The van der Waals surface area contributed by atoms with E-state index in [1.807, 2.05) is 24.3 Å². The van der Waals surface area contributed by atoms with Crippen LogP contribution in [0.1, 0.15) is 0 Å². The summed E-state index contributed by atoms with van der Waals surface area (Å²) in [6.07, 6.45) is 1.57. The molecule has 0 atom stereocenters. The Morgan fingerprint density at radius 3 is 2.55 bits per heavy atom. The minimum atomic E-state index is -0.243. The Kier molecular flexibility index (Phi) is 6.84. The first-order chi connectivity index (χ1) is 14.1. The summed E-state index contributed by atoms with van der Waals surface area (Å²) in [4.78, 5) is 12.5. The molecule has 0 saturated heterocycles. The zero-order valence-electron chi connectivity index (χ0n) is 16.0. The Morgan fingerprint density at radius 1 is 1.10 bits per heavy atom. The Balaban J connectivity index is 1.72. The number of hydrogen-bond donors (Lipinski definition) is 1. The number of carbonyl (C=O) groups excluding carboxylic acids is 1. The number of ether oxygens (including phenoxy) is 3. The van der Waals surface area contributed by atoms with E-state index in [-0.39, 0.29) is 11.7 Å². The van der Waals surface area contributed by atoms with Gasteiger partial charge in [-0.2, -0.15) is 0 Å². The second kappa shape index (κ2) is 9.53. The highest BCUT2D eigenvalue weighted by atomic mass is 35.5. The van der Waals surface area contributed by atoms with Gasteiger partial charge in [0.05, 0.1) is 43.5 Å². The molecule has 0 spiro atoms. The third kappa shape index (κ3) is 4.75. The standard InChI is InChI=1S/C19H19ClN4O4S/c1-26-15-7-5-4-6-14(15)24-11-21-23-19(24)29-10-18(25)22-13-9-16(27-2)12(20)8-17(13)28-3/h4-9,11H,10H2,1-3H3,(H,22,25). The molecule has 0 radical (unpaired) electrons. The van der Waals surface area contributed by atoms with E-state index in [4.69, 9.17) is 25.8 Å². The first kappa shape index (κ1) is 20.8. The van der Waals surface area contributed by atoms with E-state index in [2.05, 4.69) is 15.5 Å². The number of rotatable bonds is 8. The summed E-state index contributed by atoms with van der Waals surface area (Å²) in [7, 11) is 4.59. The number of methoxy groups -OCH3 is 3. The lowest BCUT2D eigenvalue weighted by Crippen LogP contribution is -2.15. The highest BCUT2D eigenvalue weighted by molar-refractivity contribution is 7.99. The average molecular weight is 435 g/mol. The van der Waals surface area contributed by atoms with Crippen molar-refractivity contribution >= 4 is 35.0 Å². The predicted molar refractivity (Wildman–Crippen MR) is 112 cm³/mol. The van der Waals surface area contributed by atoms with Crippen molar-refractivity contribution in [2.45, 2.75) is 5.16 Å². The molecular weight excluding hydrogens is 416 g/mol. The molecule has 0 aliphatic rings. The van der Waals surface area contributed by atoms with Gasteiger partial charge in [0, 0.05) is 12.1 Å². The number of aromatic nitrogens is 3. The van der Waals surface area contributed by atoms with Crippen LogP contribution in [-0.2, 0) is 4.79 Å². The van der Waals surface area contributed by atoms with Gasteiger partial charge in [-0.05, 0) is 12.1 Å². The van der Waals surface area contributed by atoms with Crippen molar-refractivity contribution < 1.29 is 19.0 Å². The Labute approximate surface area is 177 Å². The van der Waals surface area contributed by atoms with Gasteiger partial charge in [0.1, 0.15) is 23.6 Å². The number of nitrogens with zero attached hydrogens (tertiary/aromatic N) is 3. The van der Waals surface area contributed by atoms with Crippen molar-refractivity contribution in [2.24, 2.45) is 0 Å². The van der Waals surface area contributed by atoms with Gasteiger partial charge in [0.25, 0.3) is 0 Å². The lowest BCUT2D eigenvalue weighted by Gasteiger charge is -2.13. The smallest absolute Gasteiger partial charge is 0.234 e. The first-order valence-corrected chi connectivity index (χ1v) is 9.81. The molecule has 1 amide bonds. The van der Waals surface area contributed by atoms with Crippen molar-refractivity contribution in [1.82, 2.24) is 14.8 Å². The van der Waals surface area contributed by atoms with Crippen molar-refractivity contribution in [3.8, 4) is 22.9 Å². The fourth-order valence-corrected chi connectivity index (χ4v) is 3.54. The van der Waals surface area contributed by atoms with Crippen LogP contribution in [0.15, 0.2) is 47.9 Å². The van der Waals surface area contributed by atoms with Gasteiger partial charge in [0.15, 0.2) is 5.16 Å². The van der Waals surface area contributed by atoms with Crippen LogP contribution in [0, 0.1) is 0 Å². The minimum Gasteiger partial charge on any atom is -0.495 e. The Morgan fingerprint density at radius 2 is 1.83 bits per heavy atom. The van der Waals surface area contributed by atoms with Gasteiger partial charge >= 0.3 is 0 Å². The maximum atomic E-state index is 12.5. The molecule has 1 heterocycles. The zero-order chi connectivity index (χ0) is 20.8. The third-order valence-electron chi connectivity index (χ3n) is 3.94. The quantitative estimate of drug-likeness (QED) is 0.541. The molecule has 2 aromatic carbocycles. The summed E-state index contributed by atoms with van der Waals surface area (Å²) in [5, 5.41) is 11.8. The van der Waals surface area contributed by atoms with Crippen LogP contribution in [0.4, 0.5) is 5.69 Å². The normalized spacial score (nSPS) is 10.5. The first-order valence-electron chi connectivity index (χ1n) is 8.45. The highest BCUT2D eigenvalue weighted by Gasteiger charge is 2.15. The summed E-state index contributed by atoms with van der Waals surface area (Å²) in [5.74, 6) is 1.42. The summed E-state index contributed by atoms with van der Waals surface area (Å²) in [6, 6.07) is 10.7.